The van der Waals surface area contributed by atoms with Gasteiger partial charge in [-0.1, -0.05) is 0 Å². The van der Waals surface area contributed by atoms with Crippen molar-refractivity contribution >= 4 is 33.3 Å². The van der Waals surface area contributed by atoms with Crippen LogP contribution in [0.2, 0.25) is 0 Å². The Balaban J connectivity index is 2.46. The lowest BCUT2D eigenvalue weighted by Crippen LogP contribution is -2.43. The zero-order chi connectivity index (χ0) is 20.9. The van der Waals surface area contributed by atoms with E-state index in [9.17, 15) is 23.1 Å². The molecule has 1 unspecified atom stereocenters. The van der Waals surface area contributed by atoms with Crippen LogP contribution >= 0.6 is 0 Å². The molecule has 9 heteroatoms. The maximum Gasteiger partial charge on any atom is 0.327 e. The van der Waals surface area contributed by atoms with Crippen LogP contribution in [0, 0.1) is 0 Å². The van der Waals surface area contributed by atoms with Crippen LogP contribution in [0.25, 0.3) is 0 Å². The molecule has 0 saturated heterocycles. The molecule has 0 aliphatic heterocycles. The van der Waals surface area contributed by atoms with E-state index in [0.717, 1.165) is 4.31 Å². The number of hydrogen-bond donors (Lipinski definition) is 2. The lowest BCUT2D eigenvalue weighted by molar-refractivity contribution is -0.137. The van der Waals surface area contributed by atoms with Gasteiger partial charge in [-0.2, -0.15) is 0 Å². The first-order chi connectivity index (χ1) is 13.2. The normalized spacial score (nSPS) is 12.1. The van der Waals surface area contributed by atoms with Gasteiger partial charge in [0.2, 0.25) is 5.91 Å². The summed E-state index contributed by atoms with van der Waals surface area (Å²) in [6.07, 6.45) is 0. The number of anilines is 2. The number of carbonyl (C=O) groups excluding carboxylic acids is 1. The topological polar surface area (TPSA) is 113 Å². The van der Waals surface area contributed by atoms with E-state index < -0.39 is 22.0 Å². The van der Waals surface area contributed by atoms with Crippen LogP contribution in [0.3, 0.4) is 0 Å². The first-order valence-corrected chi connectivity index (χ1v) is 9.98. The molecule has 0 aliphatic carbocycles. The van der Waals surface area contributed by atoms with E-state index in [4.69, 9.17) is 4.74 Å². The monoisotopic (exact) mass is 406 g/mol. The molecule has 0 radical (unpaired) electrons. The molecule has 2 rings (SSSR count). The zero-order valence-electron chi connectivity index (χ0n) is 15.7. The van der Waals surface area contributed by atoms with Gasteiger partial charge in [-0.3, -0.25) is 9.10 Å². The Kier molecular flexibility index (Phi) is 6.63. The van der Waals surface area contributed by atoms with Crippen molar-refractivity contribution < 1.29 is 27.9 Å². The minimum atomic E-state index is -4.17. The number of carboxylic acids is 1. The van der Waals surface area contributed by atoms with Crippen LogP contribution in [0.15, 0.2) is 53.4 Å². The van der Waals surface area contributed by atoms with E-state index in [1.54, 1.807) is 12.1 Å². The average molecular weight is 406 g/mol. The van der Waals surface area contributed by atoms with Gasteiger partial charge in [0, 0.05) is 12.6 Å². The second-order valence-corrected chi connectivity index (χ2v) is 7.76. The molecule has 0 heterocycles. The molecule has 2 aromatic rings. The van der Waals surface area contributed by atoms with Gasteiger partial charge in [0.05, 0.1) is 17.2 Å². The molecule has 0 spiro atoms. The summed E-state index contributed by atoms with van der Waals surface area (Å²) >= 11 is 0. The summed E-state index contributed by atoms with van der Waals surface area (Å²) in [5.41, 5.74) is 0.634. The molecular formula is C19H22N2O6S. The molecular weight excluding hydrogens is 384 g/mol. The third-order valence-electron chi connectivity index (χ3n) is 3.84. The fourth-order valence-electron chi connectivity index (χ4n) is 2.55. The van der Waals surface area contributed by atoms with Gasteiger partial charge in [-0.15, -0.1) is 0 Å². The number of nitrogens with one attached hydrogen (secondary N) is 1. The molecule has 28 heavy (non-hydrogen) atoms. The number of carboxylic acid groups (broad SMARTS) is 1. The number of aliphatic carboxylic acids is 1. The summed E-state index contributed by atoms with van der Waals surface area (Å²) in [6.45, 7) is 4.91. The number of ether oxygens (including phenoxy) is 1. The van der Waals surface area contributed by atoms with E-state index >= 15 is 0 Å². The Morgan fingerprint density at radius 1 is 1.11 bits per heavy atom. The van der Waals surface area contributed by atoms with E-state index in [1.165, 1.54) is 50.2 Å². The first kappa shape index (κ1) is 21.2. The highest BCUT2D eigenvalue weighted by atomic mass is 32.2. The number of amides is 1. The van der Waals surface area contributed by atoms with Crippen LogP contribution in [0.4, 0.5) is 11.4 Å². The number of rotatable bonds is 8. The predicted molar refractivity (Wildman–Crippen MR) is 105 cm³/mol. The summed E-state index contributed by atoms with van der Waals surface area (Å²) in [6, 6.07) is 10.3. The molecule has 2 aromatic carbocycles. The van der Waals surface area contributed by atoms with Crippen LogP contribution in [0.1, 0.15) is 20.8 Å². The molecule has 0 saturated carbocycles. The maximum absolute atomic E-state index is 13.2. The highest BCUT2D eigenvalue weighted by Crippen LogP contribution is 2.28. The third kappa shape index (κ3) is 4.80. The second kappa shape index (κ2) is 8.75. The summed E-state index contributed by atoms with van der Waals surface area (Å²) in [7, 11) is -4.17. The lowest BCUT2D eigenvalue weighted by atomic mass is 10.2. The Bertz CT molecular complexity index is 939. The minimum Gasteiger partial charge on any atom is -0.494 e. The Hall–Kier alpha value is -3.07. The largest absolute Gasteiger partial charge is 0.494 e. The molecule has 0 bridgehead atoms. The smallest absolute Gasteiger partial charge is 0.327 e. The SMILES string of the molecule is CCOc1ccc(N(C(C)C(=O)O)S(=O)(=O)c2ccc(NC(C)=O)cc2)cc1. The van der Waals surface area contributed by atoms with E-state index in [2.05, 4.69) is 5.32 Å². The quantitative estimate of drug-likeness (QED) is 0.697. The highest BCUT2D eigenvalue weighted by molar-refractivity contribution is 7.92. The first-order valence-electron chi connectivity index (χ1n) is 8.54. The Labute approximate surface area is 163 Å². The Morgan fingerprint density at radius 2 is 1.68 bits per heavy atom. The summed E-state index contributed by atoms with van der Waals surface area (Å²) in [4.78, 5) is 22.6. The van der Waals surface area contributed by atoms with E-state index in [1.807, 2.05) is 6.92 Å². The van der Waals surface area contributed by atoms with Crippen molar-refractivity contribution in [2.24, 2.45) is 0 Å². The van der Waals surface area contributed by atoms with Gasteiger partial charge in [0.15, 0.2) is 0 Å². The molecule has 0 aromatic heterocycles. The van der Waals surface area contributed by atoms with Crippen molar-refractivity contribution in [2.45, 2.75) is 31.7 Å². The lowest BCUT2D eigenvalue weighted by Gasteiger charge is -2.28. The number of carbonyl (C=O) groups is 2. The standard InChI is InChI=1S/C19H22N2O6S/c1-4-27-17-9-7-16(8-10-17)21(13(2)19(23)24)28(25,26)18-11-5-15(6-12-18)20-14(3)22/h5-13H,4H2,1-3H3,(H,20,22)(H,23,24). The number of sulfonamides is 1. The fourth-order valence-corrected chi connectivity index (χ4v) is 4.17. The van der Waals surface area contributed by atoms with Gasteiger partial charge in [0.25, 0.3) is 10.0 Å². The average Bonchev–Trinajstić information content (AvgIpc) is 2.63. The maximum atomic E-state index is 13.2. The van der Waals surface area contributed by atoms with E-state index in [0.29, 0.717) is 18.0 Å². The van der Waals surface area contributed by atoms with Crippen LogP contribution < -0.4 is 14.4 Å². The van der Waals surface area contributed by atoms with Crippen LogP contribution in [-0.2, 0) is 19.6 Å². The molecule has 0 fully saturated rings. The van der Waals surface area contributed by atoms with Crippen molar-refractivity contribution in [1.82, 2.24) is 0 Å². The van der Waals surface area contributed by atoms with Crippen molar-refractivity contribution in [3.05, 3.63) is 48.5 Å². The molecule has 150 valence electrons. The molecule has 1 amide bonds. The summed E-state index contributed by atoms with van der Waals surface area (Å²) < 4.78 is 32.5. The molecule has 0 aliphatic rings. The van der Waals surface area contributed by atoms with Crippen molar-refractivity contribution in [3.63, 3.8) is 0 Å². The van der Waals surface area contributed by atoms with Crippen molar-refractivity contribution in [3.8, 4) is 5.75 Å². The molecule has 2 N–H and O–H groups in total. The van der Waals surface area contributed by atoms with Gasteiger partial charge in [0.1, 0.15) is 11.8 Å². The fraction of sp³-hybridized carbons (Fsp3) is 0.263. The zero-order valence-corrected chi connectivity index (χ0v) is 16.6. The number of benzene rings is 2. The Morgan fingerprint density at radius 3 is 2.14 bits per heavy atom. The van der Waals surface area contributed by atoms with Gasteiger partial charge in [-0.25, -0.2) is 13.2 Å². The predicted octanol–water partition coefficient (Wildman–Crippen LogP) is 2.71. The van der Waals surface area contributed by atoms with Crippen molar-refractivity contribution in [2.75, 3.05) is 16.2 Å². The summed E-state index contributed by atoms with van der Waals surface area (Å²) in [5.74, 6) is -1.02. The van der Waals surface area contributed by atoms with Crippen molar-refractivity contribution in [1.29, 1.82) is 0 Å². The molecule has 8 nitrogen and oxygen atoms in total. The third-order valence-corrected chi connectivity index (χ3v) is 5.76. The second-order valence-electron chi connectivity index (χ2n) is 5.95. The van der Waals surface area contributed by atoms with Crippen LogP contribution in [-0.4, -0.2) is 38.0 Å². The molecule has 1 atom stereocenters. The van der Waals surface area contributed by atoms with Crippen LogP contribution in [0.5, 0.6) is 5.75 Å². The van der Waals surface area contributed by atoms with Gasteiger partial charge < -0.3 is 15.2 Å². The number of nitrogens with zero attached hydrogens (tertiary/aromatic N) is 1. The summed E-state index contributed by atoms with van der Waals surface area (Å²) in [5, 5.41) is 12.0. The number of hydrogen-bond acceptors (Lipinski definition) is 5. The van der Waals surface area contributed by atoms with Gasteiger partial charge in [-0.05, 0) is 62.4 Å². The van der Waals surface area contributed by atoms with Gasteiger partial charge >= 0.3 is 5.97 Å². The minimum absolute atomic E-state index is 0.0939. The highest BCUT2D eigenvalue weighted by Gasteiger charge is 2.33. The van der Waals surface area contributed by atoms with E-state index in [-0.39, 0.29) is 16.5 Å².